The predicted octanol–water partition coefficient (Wildman–Crippen LogP) is 3.51. The van der Waals surface area contributed by atoms with Crippen LogP contribution < -0.4 is 11.1 Å². The van der Waals surface area contributed by atoms with Gasteiger partial charge in [-0.15, -0.1) is 11.3 Å². The van der Waals surface area contributed by atoms with Crippen molar-refractivity contribution in [1.82, 2.24) is 0 Å². The third-order valence-electron chi connectivity index (χ3n) is 2.93. The Hall–Kier alpha value is -1.81. The number of para-hydroxylation sites is 1. The van der Waals surface area contributed by atoms with Gasteiger partial charge in [-0.1, -0.05) is 12.1 Å². The summed E-state index contributed by atoms with van der Waals surface area (Å²) in [5.74, 6) is -0.0998. The molecule has 94 valence electrons. The number of nitrogen functional groups attached to an aromatic ring is 1. The summed E-state index contributed by atoms with van der Waals surface area (Å²) in [4.78, 5) is 14.0. The van der Waals surface area contributed by atoms with Gasteiger partial charge in [0, 0.05) is 4.88 Å². The zero-order chi connectivity index (χ0) is 13.3. The van der Waals surface area contributed by atoms with Crippen molar-refractivity contribution in [3.8, 4) is 0 Å². The highest BCUT2D eigenvalue weighted by atomic mass is 32.1. The van der Waals surface area contributed by atoms with E-state index in [0.717, 1.165) is 16.0 Å². The van der Waals surface area contributed by atoms with Gasteiger partial charge in [-0.3, -0.25) is 4.79 Å². The molecule has 1 aromatic heterocycles. The van der Waals surface area contributed by atoms with Gasteiger partial charge in [0.2, 0.25) is 0 Å². The minimum absolute atomic E-state index is 0.0998. The number of aryl methyl sites for hydroxylation is 3. The van der Waals surface area contributed by atoms with Crippen LogP contribution >= 0.6 is 11.3 Å². The topological polar surface area (TPSA) is 55.1 Å². The zero-order valence-electron chi connectivity index (χ0n) is 10.7. The molecule has 0 atom stereocenters. The quantitative estimate of drug-likeness (QED) is 0.812. The van der Waals surface area contributed by atoms with Crippen LogP contribution in [0.4, 0.5) is 11.4 Å². The summed E-state index contributed by atoms with van der Waals surface area (Å²) in [6.07, 6.45) is 0. The van der Waals surface area contributed by atoms with Crippen molar-refractivity contribution in [2.75, 3.05) is 11.1 Å². The lowest BCUT2D eigenvalue weighted by Gasteiger charge is -2.10. The molecule has 0 unspecified atom stereocenters. The molecule has 2 rings (SSSR count). The Balaban J connectivity index is 2.27. The van der Waals surface area contributed by atoms with Crippen molar-refractivity contribution < 1.29 is 4.79 Å². The standard InChI is InChI=1S/C14H16N2OS/c1-8-5-4-6-11(15)13(8)16-14(17)12-7-9(2)10(3)18-12/h4-7H,15H2,1-3H3,(H,16,17). The summed E-state index contributed by atoms with van der Waals surface area (Å²) in [6, 6.07) is 7.49. The van der Waals surface area contributed by atoms with E-state index in [1.54, 1.807) is 6.07 Å². The van der Waals surface area contributed by atoms with Crippen LogP contribution in [0.5, 0.6) is 0 Å². The number of amides is 1. The number of nitrogens with one attached hydrogen (secondary N) is 1. The maximum atomic E-state index is 12.1. The van der Waals surface area contributed by atoms with Crippen molar-refractivity contribution in [3.05, 3.63) is 45.1 Å². The third kappa shape index (κ3) is 2.38. The van der Waals surface area contributed by atoms with Gasteiger partial charge in [0.1, 0.15) is 0 Å². The van der Waals surface area contributed by atoms with Crippen molar-refractivity contribution in [1.29, 1.82) is 0 Å². The molecule has 2 aromatic rings. The number of hydrogen-bond acceptors (Lipinski definition) is 3. The van der Waals surface area contributed by atoms with Crippen LogP contribution in [-0.2, 0) is 0 Å². The Bertz CT molecular complexity index is 562. The van der Waals surface area contributed by atoms with Crippen molar-refractivity contribution >= 4 is 28.6 Å². The minimum Gasteiger partial charge on any atom is -0.397 e. The summed E-state index contributed by atoms with van der Waals surface area (Å²) in [5.41, 5.74) is 9.27. The lowest BCUT2D eigenvalue weighted by atomic mass is 10.1. The molecule has 18 heavy (non-hydrogen) atoms. The number of benzene rings is 1. The average Bonchev–Trinajstić information content (AvgIpc) is 2.64. The summed E-state index contributed by atoms with van der Waals surface area (Å²) in [6.45, 7) is 5.94. The molecule has 0 radical (unpaired) electrons. The Labute approximate surface area is 111 Å². The Kier molecular flexibility index (Phi) is 3.39. The monoisotopic (exact) mass is 260 g/mol. The Morgan fingerprint density at radius 1 is 1.22 bits per heavy atom. The molecule has 1 heterocycles. The molecule has 0 fully saturated rings. The van der Waals surface area contributed by atoms with Crippen LogP contribution in [0.3, 0.4) is 0 Å². The second kappa shape index (κ2) is 4.82. The van der Waals surface area contributed by atoms with E-state index in [4.69, 9.17) is 5.73 Å². The molecule has 0 aliphatic rings. The average molecular weight is 260 g/mol. The molecule has 3 N–H and O–H groups in total. The number of carbonyl (C=O) groups excluding carboxylic acids is 1. The van der Waals surface area contributed by atoms with E-state index in [1.807, 2.05) is 39.0 Å². The second-order valence-corrected chi connectivity index (χ2v) is 5.60. The summed E-state index contributed by atoms with van der Waals surface area (Å²) >= 11 is 1.50. The highest BCUT2D eigenvalue weighted by Gasteiger charge is 2.13. The number of hydrogen-bond donors (Lipinski definition) is 2. The van der Waals surface area contributed by atoms with Gasteiger partial charge in [0.25, 0.3) is 5.91 Å². The van der Waals surface area contributed by atoms with E-state index in [-0.39, 0.29) is 5.91 Å². The maximum absolute atomic E-state index is 12.1. The molecular weight excluding hydrogens is 244 g/mol. The Morgan fingerprint density at radius 2 is 1.94 bits per heavy atom. The first-order chi connectivity index (χ1) is 8.49. The van der Waals surface area contributed by atoms with Crippen LogP contribution in [0, 0.1) is 20.8 Å². The molecule has 1 amide bonds. The summed E-state index contributed by atoms with van der Waals surface area (Å²) in [5, 5.41) is 2.88. The maximum Gasteiger partial charge on any atom is 0.265 e. The number of anilines is 2. The Morgan fingerprint density at radius 3 is 2.50 bits per heavy atom. The van der Waals surface area contributed by atoms with Crippen LogP contribution in [0.1, 0.15) is 25.7 Å². The van der Waals surface area contributed by atoms with E-state index in [9.17, 15) is 4.79 Å². The fourth-order valence-electron chi connectivity index (χ4n) is 1.72. The number of nitrogens with two attached hydrogens (primary N) is 1. The highest BCUT2D eigenvalue weighted by molar-refractivity contribution is 7.14. The van der Waals surface area contributed by atoms with Gasteiger partial charge < -0.3 is 11.1 Å². The zero-order valence-corrected chi connectivity index (χ0v) is 11.5. The van der Waals surface area contributed by atoms with Gasteiger partial charge in [0.05, 0.1) is 16.3 Å². The van der Waals surface area contributed by atoms with Gasteiger partial charge in [-0.2, -0.15) is 0 Å². The van der Waals surface area contributed by atoms with E-state index in [2.05, 4.69) is 5.32 Å². The van der Waals surface area contributed by atoms with Gasteiger partial charge >= 0.3 is 0 Å². The lowest BCUT2D eigenvalue weighted by Crippen LogP contribution is -2.12. The van der Waals surface area contributed by atoms with Crippen LogP contribution in [0.2, 0.25) is 0 Å². The molecule has 0 saturated heterocycles. The molecule has 3 nitrogen and oxygen atoms in total. The largest absolute Gasteiger partial charge is 0.397 e. The predicted molar refractivity (Wildman–Crippen MR) is 77.3 cm³/mol. The molecular formula is C14H16N2OS. The lowest BCUT2D eigenvalue weighted by molar-refractivity contribution is 0.103. The van der Waals surface area contributed by atoms with Crippen molar-refractivity contribution in [2.45, 2.75) is 20.8 Å². The first-order valence-corrected chi connectivity index (χ1v) is 6.54. The number of rotatable bonds is 2. The van der Waals surface area contributed by atoms with Crippen LogP contribution in [0.15, 0.2) is 24.3 Å². The van der Waals surface area contributed by atoms with Gasteiger partial charge in [-0.05, 0) is 44.0 Å². The van der Waals surface area contributed by atoms with Gasteiger partial charge in [-0.25, -0.2) is 0 Å². The molecule has 0 saturated carbocycles. The molecule has 0 aliphatic heterocycles. The fraction of sp³-hybridized carbons (Fsp3) is 0.214. The van der Waals surface area contributed by atoms with E-state index < -0.39 is 0 Å². The first kappa shape index (κ1) is 12.6. The van der Waals surface area contributed by atoms with E-state index >= 15 is 0 Å². The molecule has 0 aliphatic carbocycles. The first-order valence-electron chi connectivity index (χ1n) is 5.72. The highest BCUT2D eigenvalue weighted by Crippen LogP contribution is 2.26. The molecule has 0 bridgehead atoms. The van der Waals surface area contributed by atoms with Gasteiger partial charge in [0.15, 0.2) is 0 Å². The number of thiophene rings is 1. The van der Waals surface area contributed by atoms with E-state index in [1.165, 1.54) is 11.3 Å². The van der Waals surface area contributed by atoms with Crippen molar-refractivity contribution in [2.24, 2.45) is 0 Å². The summed E-state index contributed by atoms with van der Waals surface area (Å²) in [7, 11) is 0. The van der Waals surface area contributed by atoms with Crippen LogP contribution in [-0.4, -0.2) is 5.91 Å². The molecule has 4 heteroatoms. The fourth-order valence-corrected chi connectivity index (χ4v) is 2.65. The molecule has 1 aromatic carbocycles. The van der Waals surface area contributed by atoms with E-state index in [0.29, 0.717) is 16.3 Å². The third-order valence-corrected chi connectivity index (χ3v) is 4.08. The van der Waals surface area contributed by atoms with Crippen molar-refractivity contribution in [3.63, 3.8) is 0 Å². The SMILES string of the molecule is Cc1cc(C(=O)Nc2c(C)cccc2N)sc1C. The molecule has 0 spiro atoms. The second-order valence-electron chi connectivity index (χ2n) is 4.34. The smallest absolute Gasteiger partial charge is 0.265 e. The number of carbonyl (C=O) groups is 1. The minimum atomic E-state index is -0.0998. The van der Waals surface area contributed by atoms with Crippen LogP contribution in [0.25, 0.3) is 0 Å². The normalized spacial score (nSPS) is 10.4. The summed E-state index contributed by atoms with van der Waals surface area (Å²) < 4.78 is 0.